The standard InChI is InChI=1S/C27H25NO4/c1-4-6-18-9-11-19(12-10-18)24-22-7-5-8-23(28-17(2)29)25(22)27(30)32-26(24)20-13-15-21(31-3)16-14-20/h5,7-16H,4,6H2,1-3H3,(H,28,29). The van der Waals surface area contributed by atoms with Gasteiger partial charge < -0.3 is 14.5 Å². The monoisotopic (exact) mass is 427 g/mol. The topological polar surface area (TPSA) is 68.5 Å². The molecule has 4 aromatic rings. The van der Waals surface area contributed by atoms with Crippen molar-refractivity contribution in [1.29, 1.82) is 0 Å². The molecule has 0 spiro atoms. The summed E-state index contributed by atoms with van der Waals surface area (Å²) in [7, 11) is 1.61. The highest BCUT2D eigenvalue weighted by molar-refractivity contribution is 6.08. The average Bonchev–Trinajstić information content (AvgIpc) is 2.79. The number of methoxy groups -OCH3 is 1. The third kappa shape index (κ3) is 4.14. The molecule has 0 aliphatic rings. The molecule has 0 aliphatic carbocycles. The highest BCUT2D eigenvalue weighted by Crippen LogP contribution is 2.39. The van der Waals surface area contributed by atoms with Crippen molar-refractivity contribution in [2.24, 2.45) is 0 Å². The van der Waals surface area contributed by atoms with E-state index in [1.165, 1.54) is 12.5 Å². The number of amides is 1. The van der Waals surface area contributed by atoms with Gasteiger partial charge in [-0.25, -0.2) is 4.79 Å². The fraction of sp³-hybridized carbons (Fsp3) is 0.185. The number of anilines is 1. The SMILES string of the molecule is CCCc1ccc(-c2c(-c3ccc(OC)cc3)oc(=O)c3c(NC(C)=O)cccc23)cc1. The van der Waals surface area contributed by atoms with Gasteiger partial charge in [0.1, 0.15) is 11.5 Å². The highest BCUT2D eigenvalue weighted by atomic mass is 16.5. The number of ether oxygens (including phenoxy) is 1. The second kappa shape index (κ2) is 9.10. The van der Waals surface area contributed by atoms with Crippen LogP contribution in [0.2, 0.25) is 0 Å². The number of hydrogen-bond acceptors (Lipinski definition) is 4. The van der Waals surface area contributed by atoms with E-state index < -0.39 is 5.63 Å². The Kier molecular flexibility index (Phi) is 6.08. The van der Waals surface area contributed by atoms with E-state index in [2.05, 4.69) is 36.5 Å². The largest absolute Gasteiger partial charge is 0.497 e. The Morgan fingerprint density at radius 3 is 2.28 bits per heavy atom. The normalized spacial score (nSPS) is 10.8. The Labute approximate surface area is 186 Å². The predicted octanol–water partition coefficient (Wildman–Crippen LogP) is 6.05. The van der Waals surface area contributed by atoms with E-state index in [1.54, 1.807) is 13.2 Å². The van der Waals surface area contributed by atoms with Crippen molar-refractivity contribution < 1.29 is 13.9 Å². The molecule has 1 aromatic heterocycles. The van der Waals surface area contributed by atoms with Gasteiger partial charge in [-0.15, -0.1) is 0 Å². The molecular weight excluding hydrogens is 402 g/mol. The fourth-order valence-electron chi connectivity index (χ4n) is 3.95. The predicted molar refractivity (Wildman–Crippen MR) is 128 cm³/mol. The molecule has 0 atom stereocenters. The van der Waals surface area contributed by atoms with Gasteiger partial charge in [0.2, 0.25) is 5.91 Å². The van der Waals surface area contributed by atoms with Gasteiger partial charge in [-0.05, 0) is 47.9 Å². The van der Waals surface area contributed by atoms with Crippen LogP contribution in [0, 0.1) is 0 Å². The second-order valence-corrected chi connectivity index (χ2v) is 7.68. The van der Waals surface area contributed by atoms with Crippen molar-refractivity contribution in [1.82, 2.24) is 0 Å². The molecule has 0 fully saturated rings. The van der Waals surface area contributed by atoms with Crippen molar-refractivity contribution in [3.63, 3.8) is 0 Å². The lowest BCUT2D eigenvalue weighted by atomic mass is 9.94. The molecule has 0 unspecified atom stereocenters. The summed E-state index contributed by atoms with van der Waals surface area (Å²) in [5.41, 5.74) is 3.70. The molecule has 1 heterocycles. The average molecular weight is 428 g/mol. The van der Waals surface area contributed by atoms with Crippen LogP contribution in [0.25, 0.3) is 33.2 Å². The first kappa shape index (κ1) is 21.4. The van der Waals surface area contributed by atoms with E-state index in [9.17, 15) is 9.59 Å². The van der Waals surface area contributed by atoms with E-state index in [1.807, 2.05) is 36.4 Å². The molecule has 0 saturated carbocycles. The van der Waals surface area contributed by atoms with Gasteiger partial charge in [-0.3, -0.25) is 4.79 Å². The molecule has 1 amide bonds. The fourth-order valence-corrected chi connectivity index (χ4v) is 3.95. The molecule has 0 aliphatic heterocycles. The molecule has 32 heavy (non-hydrogen) atoms. The summed E-state index contributed by atoms with van der Waals surface area (Å²) in [6.07, 6.45) is 2.07. The minimum atomic E-state index is -0.499. The molecule has 5 nitrogen and oxygen atoms in total. The number of aryl methyl sites for hydroxylation is 1. The highest BCUT2D eigenvalue weighted by Gasteiger charge is 2.20. The maximum atomic E-state index is 13.1. The maximum absolute atomic E-state index is 13.1. The Hall–Kier alpha value is -3.86. The van der Waals surface area contributed by atoms with Crippen LogP contribution >= 0.6 is 0 Å². The third-order valence-electron chi connectivity index (χ3n) is 5.40. The van der Waals surface area contributed by atoms with Gasteiger partial charge in [0.15, 0.2) is 0 Å². The Bertz CT molecular complexity index is 1320. The summed E-state index contributed by atoms with van der Waals surface area (Å²) < 4.78 is 11.2. The van der Waals surface area contributed by atoms with Crippen molar-refractivity contribution in [2.45, 2.75) is 26.7 Å². The lowest BCUT2D eigenvalue weighted by Gasteiger charge is -2.15. The van der Waals surface area contributed by atoms with Gasteiger partial charge in [0.05, 0.1) is 18.2 Å². The summed E-state index contributed by atoms with van der Waals surface area (Å²) in [5, 5.41) is 3.83. The van der Waals surface area contributed by atoms with Crippen molar-refractivity contribution in [3.05, 3.63) is 82.7 Å². The first-order valence-corrected chi connectivity index (χ1v) is 10.6. The van der Waals surface area contributed by atoms with Gasteiger partial charge in [0, 0.05) is 23.4 Å². The Balaban J connectivity index is 2.02. The lowest BCUT2D eigenvalue weighted by Crippen LogP contribution is -2.11. The number of carbonyl (C=O) groups is 1. The Morgan fingerprint density at radius 1 is 0.969 bits per heavy atom. The van der Waals surface area contributed by atoms with Crippen LogP contribution in [-0.2, 0) is 11.2 Å². The summed E-state index contributed by atoms with van der Waals surface area (Å²) in [5.74, 6) is 0.949. The first-order chi connectivity index (χ1) is 15.5. The van der Waals surface area contributed by atoms with Gasteiger partial charge in [-0.2, -0.15) is 0 Å². The smallest absolute Gasteiger partial charge is 0.346 e. The minimum absolute atomic E-state index is 0.249. The Morgan fingerprint density at radius 2 is 1.66 bits per heavy atom. The van der Waals surface area contributed by atoms with Crippen LogP contribution in [0.4, 0.5) is 5.69 Å². The quantitative estimate of drug-likeness (QED) is 0.407. The molecule has 4 rings (SSSR count). The lowest BCUT2D eigenvalue weighted by molar-refractivity contribution is -0.114. The van der Waals surface area contributed by atoms with Crippen LogP contribution in [0.15, 0.2) is 75.9 Å². The number of benzene rings is 3. The maximum Gasteiger partial charge on any atom is 0.346 e. The molecule has 0 saturated heterocycles. The molecule has 0 radical (unpaired) electrons. The van der Waals surface area contributed by atoms with Crippen LogP contribution < -0.4 is 15.7 Å². The number of nitrogens with one attached hydrogen (secondary N) is 1. The number of carbonyl (C=O) groups excluding carboxylic acids is 1. The van der Waals surface area contributed by atoms with Crippen LogP contribution in [-0.4, -0.2) is 13.0 Å². The van der Waals surface area contributed by atoms with Gasteiger partial charge in [-0.1, -0.05) is 49.7 Å². The zero-order valence-corrected chi connectivity index (χ0v) is 18.4. The second-order valence-electron chi connectivity index (χ2n) is 7.68. The molecule has 0 bridgehead atoms. The molecule has 3 aromatic carbocycles. The number of fused-ring (bicyclic) bond motifs is 1. The summed E-state index contributed by atoms with van der Waals surface area (Å²) in [6.45, 7) is 3.57. The van der Waals surface area contributed by atoms with E-state index in [0.29, 0.717) is 16.8 Å². The zero-order valence-electron chi connectivity index (χ0n) is 18.4. The number of rotatable bonds is 6. The van der Waals surface area contributed by atoms with E-state index >= 15 is 0 Å². The molecule has 5 heteroatoms. The van der Waals surface area contributed by atoms with Gasteiger partial charge >= 0.3 is 5.63 Å². The van der Waals surface area contributed by atoms with Crippen molar-refractivity contribution in [3.8, 4) is 28.2 Å². The van der Waals surface area contributed by atoms with E-state index in [4.69, 9.17) is 9.15 Å². The van der Waals surface area contributed by atoms with Crippen LogP contribution in [0.5, 0.6) is 5.75 Å². The minimum Gasteiger partial charge on any atom is -0.497 e. The molecular formula is C27H25NO4. The van der Waals surface area contributed by atoms with Crippen LogP contribution in [0.1, 0.15) is 25.8 Å². The van der Waals surface area contributed by atoms with Crippen molar-refractivity contribution in [2.75, 3.05) is 12.4 Å². The zero-order chi connectivity index (χ0) is 22.7. The van der Waals surface area contributed by atoms with Crippen LogP contribution in [0.3, 0.4) is 0 Å². The molecule has 1 N–H and O–H groups in total. The summed E-state index contributed by atoms with van der Waals surface area (Å²) in [6, 6.07) is 21.2. The number of hydrogen-bond donors (Lipinski definition) is 1. The first-order valence-electron chi connectivity index (χ1n) is 10.6. The van der Waals surface area contributed by atoms with Gasteiger partial charge in [0.25, 0.3) is 0 Å². The van der Waals surface area contributed by atoms with E-state index in [0.717, 1.165) is 40.7 Å². The van der Waals surface area contributed by atoms with Crippen molar-refractivity contribution >= 4 is 22.4 Å². The molecule has 162 valence electrons. The summed E-state index contributed by atoms with van der Waals surface area (Å²) >= 11 is 0. The summed E-state index contributed by atoms with van der Waals surface area (Å²) in [4.78, 5) is 24.8. The van der Waals surface area contributed by atoms with E-state index in [-0.39, 0.29) is 5.91 Å². The third-order valence-corrected chi connectivity index (χ3v) is 5.40.